The molecule has 1 rings (SSSR count). The Hall–Kier alpha value is -1.04. The smallest absolute Gasteiger partial charge is 0.192 e. The highest BCUT2D eigenvalue weighted by Crippen LogP contribution is 2.37. The van der Waals surface area contributed by atoms with Crippen LogP contribution in [0.25, 0.3) is 0 Å². The summed E-state index contributed by atoms with van der Waals surface area (Å²) < 4.78 is 6.17. The van der Waals surface area contributed by atoms with Crippen LogP contribution in [0.2, 0.25) is 18.1 Å². The van der Waals surface area contributed by atoms with E-state index in [-0.39, 0.29) is 5.04 Å². The molecule has 0 aliphatic heterocycles. The molecule has 0 unspecified atom stereocenters. The molecule has 0 amide bonds. The summed E-state index contributed by atoms with van der Waals surface area (Å²) in [6, 6.07) is 7.98. The fraction of sp³-hybridized carbons (Fsp3) is 0.467. The summed E-state index contributed by atoms with van der Waals surface area (Å²) in [5, 5.41) is 0.234. The van der Waals surface area contributed by atoms with E-state index in [1.54, 1.807) is 0 Å². The molecule has 2 heteroatoms. The highest BCUT2D eigenvalue weighted by molar-refractivity contribution is 6.74. The summed E-state index contributed by atoms with van der Waals surface area (Å²) >= 11 is 0. The zero-order chi connectivity index (χ0) is 13.1. The van der Waals surface area contributed by atoms with Crippen LogP contribution in [0.15, 0.2) is 24.3 Å². The normalized spacial score (nSPS) is 12.2. The Morgan fingerprint density at radius 2 is 1.82 bits per heavy atom. The van der Waals surface area contributed by atoms with Gasteiger partial charge in [0.05, 0.1) is 6.61 Å². The quantitative estimate of drug-likeness (QED) is 0.574. The molecule has 0 aliphatic rings. The van der Waals surface area contributed by atoms with Gasteiger partial charge >= 0.3 is 0 Å². The van der Waals surface area contributed by atoms with Crippen LogP contribution in [0.4, 0.5) is 0 Å². The SMILES string of the molecule is C#Cc1ccccc1CO[Si](C)(C)C(C)(C)C. The number of rotatable bonds is 3. The standard InChI is InChI=1S/C15H22OSi/c1-7-13-10-8-9-11-14(13)12-16-17(5,6)15(2,3)4/h1,8-11H,12H2,2-6H3. The predicted octanol–water partition coefficient (Wildman–Crippen LogP) is 4.19. The van der Waals surface area contributed by atoms with Gasteiger partial charge in [-0.3, -0.25) is 0 Å². The van der Waals surface area contributed by atoms with E-state index in [0.29, 0.717) is 6.61 Å². The molecule has 0 heterocycles. The van der Waals surface area contributed by atoms with Crippen molar-refractivity contribution in [1.29, 1.82) is 0 Å². The number of hydrogen-bond acceptors (Lipinski definition) is 1. The summed E-state index contributed by atoms with van der Waals surface area (Å²) in [5.74, 6) is 2.71. The van der Waals surface area contributed by atoms with Gasteiger partial charge in [0.2, 0.25) is 0 Å². The number of terminal acetylenes is 1. The molecule has 0 fully saturated rings. The van der Waals surface area contributed by atoms with Gasteiger partial charge in [-0.15, -0.1) is 6.42 Å². The lowest BCUT2D eigenvalue weighted by Crippen LogP contribution is -2.40. The van der Waals surface area contributed by atoms with Crippen LogP contribution in [0.3, 0.4) is 0 Å². The van der Waals surface area contributed by atoms with Crippen molar-refractivity contribution in [1.82, 2.24) is 0 Å². The van der Waals surface area contributed by atoms with Crippen molar-refractivity contribution in [2.45, 2.75) is 45.5 Å². The second-order valence-electron chi connectivity index (χ2n) is 5.85. The average molecular weight is 246 g/mol. The van der Waals surface area contributed by atoms with Gasteiger partial charge in [0.1, 0.15) is 0 Å². The Morgan fingerprint density at radius 1 is 1.24 bits per heavy atom. The van der Waals surface area contributed by atoms with Crippen molar-refractivity contribution >= 4 is 8.32 Å². The Morgan fingerprint density at radius 3 is 2.35 bits per heavy atom. The second-order valence-corrected chi connectivity index (χ2v) is 10.7. The van der Waals surface area contributed by atoms with Crippen LogP contribution in [0.1, 0.15) is 31.9 Å². The monoisotopic (exact) mass is 246 g/mol. The Bertz CT molecular complexity index is 421. The highest BCUT2D eigenvalue weighted by atomic mass is 28.4. The Kier molecular flexibility index (Phi) is 4.19. The van der Waals surface area contributed by atoms with Gasteiger partial charge in [0.25, 0.3) is 0 Å². The third kappa shape index (κ3) is 3.46. The molecule has 0 saturated heterocycles. The molecular formula is C15H22OSi. The fourth-order valence-electron chi connectivity index (χ4n) is 1.26. The maximum Gasteiger partial charge on any atom is 0.192 e. The van der Waals surface area contributed by atoms with E-state index in [4.69, 9.17) is 10.8 Å². The molecular weight excluding hydrogens is 224 g/mol. The lowest BCUT2D eigenvalue weighted by Gasteiger charge is -2.36. The van der Waals surface area contributed by atoms with Crippen molar-refractivity contribution in [3.8, 4) is 12.3 Å². The van der Waals surface area contributed by atoms with Gasteiger partial charge in [0.15, 0.2) is 8.32 Å². The van der Waals surface area contributed by atoms with Gasteiger partial charge in [-0.05, 0) is 29.8 Å². The van der Waals surface area contributed by atoms with E-state index in [1.807, 2.05) is 24.3 Å². The van der Waals surface area contributed by atoms with Crippen LogP contribution < -0.4 is 0 Å². The fourth-order valence-corrected chi connectivity index (χ4v) is 2.21. The third-order valence-corrected chi connectivity index (χ3v) is 8.05. The maximum absolute atomic E-state index is 6.17. The van der Waals surface area contributed by atoms with Crippen LogP contribution >= 0.6 is 0 Å². The molecule has 0 spiro atoms. The number of benzene rings is 1. The van der Waals surface area contributed by atoms with E-state index >= 15 is 0 Å². The molecule has 17 heavy (non-hydrogen) atoms. The van der Waals surface area contributed by atoms with Crippen LogP contribution in [-0.4, -0.2) is 8.32 Å². The van der Waals surface area contributed by atoms with Gasteiger partial charge < -0.3 is 4.43 Å². The molecule has 1 aromatic carbocycles. The summed E-state index contributed by atoms with van der Waals surface area (Å²) in [4.78, 5) is 0. The first-order valence-electron chi connectivity index (χ1n) is 5.96. The van der Waals surface area contributed by atoms with Gasteiger partial charge in [-0.1, -0.05) is 44.9 Å². The predicted molar refractivity (Wildman–Crippen MR) is 76.4 cm³/mol. The largest absolute Gasteiger partial charge is 0.413 e. The molecule has 0 radical (unpaired) electrons. The molecule has 92 valence electrons. The average Bonchev–Trinajstić information content (AvgIpc) is 2.25. The molecule has 1 aromatic rings. The molecule has 0 aliphatic carbocycles. The first kappa shape index (κ1) is 14.0. The third-order valence-electron chi connectivity index (χ3n) is 3.57. The first-order chi connectivity index (χ1) is 7.78. The van der Waals surface area contributed by atoms with Gasteiger partial charge in [-0.2, -0.15) is 0 Å². The van der Waals surface area contributed by atoms with Crippen molar-refractivity contribution in [2.75, 3.05) is 0 Å². The minimum Gasteiger partial charge on any atom is -0.413 e. The minimum absolute atomic E-state index is 0.234. The summed E-state index contributed by atoms with van der Waals surface area (Å²) in [6.07, 6.45) is 5.48. The van der Waals surface area contributed by atoms with Crippen LogP contribution in [-0.2, 0) is 11.0 Å². The molecule has 0 N–H and O–H groups in total. The van der Waals surface area contributed by atoms with Gasteiger partial charge in [0, 0.05) is 5.56 Å². The van der Waals surface area contributed by atoms with Crippen molar-refractivity contribution in [3.63, 3.8) is 0 Å². The Balaban J connectivity index is 2.78. The van der Waals surface area contributed by atoms with Crippen molar-refractivity contribution in [3.05, 3.63) is 35.4 Å². The molecule has 1 nitrogen and oxygen atoms in total. The Labute approximate surface area is 106 Å². The first-order valence-corrected chi connectivity index (χ1v) is 8.87. The lowest BCUT2D eigenvalue weighted by molar-refractivity contribution is 0.276. The van der Waals surface area contributed by atoms with Crippen molar-refractivity contribution in [2.24, 2.45) is 0 Å². The highest BCUT2D eigenvalue weighted by Gasteiger charge is 2.37. The van der Waals surface area contributed by atoms with Gasteiger partial charge in [-0.25, -0.2) is 0 Å². The second kappa shape index (κ2) is 5.08. The van der Waals surface area contributed by atoms with E-state index < -0.39 is 8.32 Å². The molecule has 0 bridgehead atoms. The molecule has 0 saturated carbocycles. The van der Waals surface area contributed by atoms with Crippen LogP contribution in [0.5, 0.6) is 0 Å². The summed E-state index contributed by atoms with van der Waals surface area (Å²) in [5.41, 5.74) is 2.05. The molecule has 0 atom stereocenters. The minimum atomic E-state index is -1.69. The summed E-state index contributed by atoms with van der Waals surface area (Å²) in [7, 11) is -1.69. The molecule has 0 aromatic heterocycles. The van der Waals surface area contributed by atoms with E-state index in [2.05, 4.69) is 39.8 Å². The van der Waals surface area contributed by atoms with E-state index in [9.17, 15) is 0 Å². The van der Waals surface area contributed by atoms with E-state index in [1.165, 1.54) is 0 Å². The number of hydrogen-bond donors (Lipinski definition) is 0. The zero-order valence-electron chi connectivity index (χ0n) is 11.5. The zero-order valence-corrected chi connectivity index (χ0v) is 12.5. The maximum atomic E-state index is 6.17. The van der Waals surface area contributed by atoms with E-state index in [0.717, 1.165) is 11.1 Å². The van der Waals surface area contributed by atoms with Crippen LogP contribution in [0, 0.1) is 12.3 Å². The topological polar surface area (TPSA) is 9.23 Å². The summed E-state index contributed by atoms with van der Waals surface area (Å²) in [6.45, 7) is 11.9. The van der Waals surface area contributed by atoms with Crippen molar-refractivity contribution < 1.29 is 4.43 Å². The lowest BCUT2D eigenvalue weighted by atomic mass is 10.1.